The molecule has 1 N–H and O–H groups in total. The lowest BCUT2D eigenvalue weighted by Gasteiger charge is -2.26. The number of carbonyl (C=O) groups is 2. The average Bonchev–Trinajstić information content (AvgIpc) is 3.10. The van der Waals surface area contributed by atoms with Crippen molar-refractivity contribution < 1.29 is 24.2 Å². The molecule has 1 aliphatic heterocycles. The molecular weight excluding hydrogens is 430 g/mol. The van der Waals surface area contributed by atoms with Crippen LogP contribution in [-0.4, -0.2) is 30.5 Å². The van der Waals surface area contributed by atoms with Crippen LogP contribution in [0.5, 0.6) is 11.5 Å². The largest absolute Gasteiger partial charge is 0.507 e. The predicted octanol–water partition coefficient (Wildman–Crippen LogP) is 5.34. The number of ketones is 1. The zero-order valence-electron chi connectivity index (χ0n) is 19.7. The number of rotatable bonds is 6. The molecule has 0 bridgehead atoms. The van der Waals surface area contributed by atoms with Gasteiger partial charge in [-0.3, -0.25) is 14.5 Å². The zero-order chi connectivity index (χ0) is 24.4. The molecular formula is C28H27NO5. The molecule has 1 aliphatic rings. The summed E-state index contributed by atoms with van der Waals surface area (Å²) < 4.78 is 11.0. The lowest BCUT2D eigenvalue weighted by Crippen LogP contribution is -2.29. The Balaban J connectivity index is 1.94. The molecule has 0 aromatic heterocycles. The van der Waals surface area contributed by atoms with E-state index in [-0.39, 0.29) is 11.3 Å². The summed E-state index contributed by atoms with van der Waals surface area (Å²) in [6.07, 6.45) is 0. The Bertz CT molecular complexity index is 1260. The van der Waals surface area contributed by atoms with Gasteiger partial charge in [-0.1, -0.05) is 41.5 Å². The summed E-state index contributed by atoms with van der Waals surface area (Å²) in [4.78, 5) is 28.1. The molecule has 34 heavy (non-hydrogen) atoms. The number of aliphatic hydroxyl groups excluding tert-OH is 1. The molecule has 0 spiro atoms. The first kappa shape index (κ1) is 23.1. The Kier molecular flexibility index (Phi) is 6.41. The smallest absolute Gasteiger partial charge is 0.300 e. The molecule has 4 rings (SSSR count). The van der Waals surface area contributed by atoms with Gasteiger partial charge in [-0.2, -0.15) is 0 Å². The van der Waals surface area contributed by atoms with Crippen molar-refractivity contribution in [1.29, 1.82) is 0 Å². The highest BCUT2D eigenvalue weighted by molar-refractivity contribution is 6.51. The van der Waals surface area contributed by atoms with Crippen LogP contribution in [0.2, 0.25) is 0 Å². The molecule has 1 atom stereocenters. The lowest BCUT2D eigenvalue weighted by molar-refractivity contribution is -0.132. The van der Waals surface area contributed by atoms with Gasteiger partial charge in [0.15, 0.2) is 0 Å². The summed E-state index contributed by atoms with van der Waals surface area (Å²) >= 11 is 0. The maximum absolute atomic E-state index is 13.3. The van der Waals surface area contributed by atoms with Crippen molar-refractivity contribution in [2.75, 3.05) is 18.6 Å². The number of benzene rings is 3. The van der Waals surface area contributed by atoms with Gasteiger partial charge in [0.2, 0.25) is 0 Å². The fourth-order valence-corrected chi connectivity index (χ4v) is 4.18. The van der Waals surface area contributed by atoms with Crippen molar-refractivity contribution in [2.24, 2.45) is 0 Å². The summed E-state index contributed by atoms with van der Waals surface area (Å²) in [6.45, 7) is 6.25. The summed E-state index contributed by atoms with van der Waals surface area (Å²) in [5.41, 5.74) is 3.53. The second-order valence-corrected chi connectivity index (χ2v) is 8.21. The third kappa shape index (κ3) is 4.15. The first-order chi connectivity index (χ1) is 16.3. The highest BCUT2D eigenvalue weighted by atomic mass is 16.5. The fraction of sp³-hybridized carbons (Fsp3) is 0.214. The number of aryl methyl sites for hydroxylation is 2. The normalized spacial score (nSPS) is 17.2. The van der Waals surface area contributed by atoms with Gasteiger partial charge in [-0.15, -0.1) is 0 Å². The van der Waals surface area contributed by atoms with Crippen LogP contribution in [0.1, 0.15) is 35.2 Å². The van der Waals surface area contributed by atoms with Gasteiger partial charge in [0, 0.05) is 5.69 Å². The number of Topliss-reactive ketones (excluding diaryl/α,β-unsaturated/α-hetero) is 1. The molecule has 6 heteroatoms. The van der Waals surface area contributed by atoms with E-state index in [1.165, 1.54) is 12.0 Å². The first-order valence-corrected chi connectivity index (χ1v) is 11.1. The summed E-state index contributed by atoms with van der Waals surface area (Å²) in [5.74, 6) is -0.627. The molecule has 1 fully saturated rings. The van der Waals surface area contributed by atoms with Gasteiger partial charge in [-0.25, -0.2) is 0 Å². The molecule has 3 aromatic rings. The minimum absolute atomic E-state index is 0.0126. The van der Waals surface area contributed by atoms with E-state index in [0.717, 1.165) is 11.1 Å². The number of carbonyl (C=O) groups excluding carboxylic acids is 2. The number of aliphatic hydroxyl groups is 1. The van der Waals surface area contributed by atoms with Crippen LogP contribution in [0.4, 0.5) is 5.69 Å². The van der Waals surface area contributed by atoms with Crippen LogP contribution >= 0.6 is 0 Å². The Morgan fingerprint density at radius 3 is 2.21 bits per heavy atom. The van der Waals surface area contributed by atoms with E-state index in [4.69, 9.17) is 9.47 Å². The molecule has 174 valence electrons. The van der Waals surface area contributed by atoms with E-state index < -0.39 is 17.7 Å². The van der Waals surface area contributed by atoms with Crippen LogP contribution in [-0.2, 0) is 9.59 Å². The van der Waals surface area contributed by atoms with Crippen molar-refractivity contribution in [3.8, 4) is 11.5 Å². The Morgan fingerprint density at radius 1 is 0.941 bits per heavy atom. The summed E-state index contributed by atoms with van der Waals surface area (Å²) in [6, 6.07) is 19.1. The van der Waals surface area contributed by atoms with Gasteiger partial charge >= 0.3 is 0 Å². The molecule has 1 amide bonds. The van der Waals surface area contributed by atoms with Gasteiger partial charge in [0.05, 0.1) is 30.9 Å². The van der Waals surface area contributed by atoms with Crippen molar-refractivity contribution in [2.45, 2.75) is 26.8 Å². The molecule has 0 aliphatic carbocycles. The highest BCUT2D eigenvalue weighted by Gasteiger charge is 2.47. The van der Waals surface area contributed by atoms with E-state index in [2.05, 4.69) is 0 Å². The van der Waals surface area contributed by atoms with E-state index in [9.17, 15) is 14.7 Å². The standard InChI is InChI=1S/C28H27NO5/c1-5-34-21-13-9-19(10-14-21)25-24(26(30)22-16-18(3)8-15-23(22)33-4)27(31)28(32)29(25)20-11-6-17(2)7-12-20/h6-16,25,30H,5H2,1-4H3/b26-24+. The SMILES string of the molecule is CCOc1ccc(C2/C(=C(\O)c3cc(C)ccc3OC)C(=O)C(=O)N2c2ccc(C)cc2)cc1. The van der Waals surface area contributed by atoms with E-state index in [0.29, 0.717) is 34.9 Å². The second-order valence-electron chi connectivity index (χ2n) is 8.21. The van der Waals surface area contributed by atoms with Crippen LogP contribution in [0.25, 0.3) is 5.76 Å². The second kappa shape index (κ2) is 9.43. The summed E-state index contributed by atoms with van der Waals surface area (Å²) in [7, 11) is 1.50. The van der Waals surface area contributed by atoms with Crippen molar-refractivity contribution in [1.82, 2.24) is 0 Å². The molecule has 1 saturated heterocycles. The third-order valence-electron chi connectivity index (χ3n) is 5.87. The Morgan fingerprint density at radius 2 is 1.59 bits per heavy atom. The van der Waals surface area contributed by atoms with E-state index in [1.807, 2.05) is 51.1 Å². The van der Waals surface area contributed by atoms with Crippen LogP contribution < -0.4 is 14.4 Å². The van der Waals surface area contributed by atoms with Crippen molar-refractivity contribution in [3.63, 3.8) is 0 Å². The fourth-order valence-electron chi connectivity index (χ4n) is 4.18. The molecule has 1 heterocycles. The van der Waals surface area contributed by atoms with Gasteiger partial charge < -0.3 is 14.6 Å². The Hall–Kier alpha value is -4.06. The molecule has 1 unspecified atom stereocenters. The quantitative estimate of drug-likeness (QED) is 0.307. The van der Waals surface area contributed by atoms with Crippen LogP contribution in [0, 0.1) is 13.8 Å². The number of amides is 1. The number of nitrogens with zero attached hydrogens (tertiary/aromatic N) is 1. The minimum Gasteiger partial charge on any atom is -0.507 e. The van der Waals surface area contributed by atoms with Crippen LogP contribution in [0.3, 0.4) is 0 Å². The van der Waals surface area contributed by atoms with E-state index in [1.54, 1.807) is 36.4 Å². The Labute approximate surface area is 199 Å². The average molecular weight is 458 g/mol. The van der Waals surface area contributed by atoms with Crippen molar-refractivity contribution >= 4 is 23.1 Å². The number of hydrogen-bond donors (Lipinski definition) is 1. The molecule has 0 saturated carbocycles. The highest BCUT2D eigenvalue weighted by Crippen LogP contribution is 2.43. The minimum atomic E-state index is -0.816. The van der Waals surface area contributed by atoms with Gasteiger partial charge in [0.1, 0.15) is 17.3 Å². The maximum Gasteiger partial charge on any atom is 0.300 e. The monoisotopic (exact) mass is 457 g/mol. The maximum atomic E-state index is 13.3. The first-order valence-electron chi connectivity index (χ1n) is 11.1. The van der Waals surface area contributed by atoms with Crippen LogP contribution in [0.15, 0.2) is 72.3 Å². The predicted molar refractivity (Wildman–Crippen MR) is 131 cm³/mol. The van der Waals surface area contributed by atoms with Gasteiger partial charge in [-0.05, 0) is 62.7 Å². The zero-order valence-corrected chi connectivity index (χ0v) is 19.7. The molecule has 6 nitrogen and oxygen atoms in total. The van der Waals surface area contributed by atoms with Crippen molar-refractivity contribution in [3.05, 3.63) is 94.6 Å². The van der Waals surface area contributed by atoms with E-state index >= 15 is 0 Å². The summed E-state index contributed by atoms with van der Waals surface area (Å²) in [5, 5.41) is 11.4. The topological polar surface area (TPSA) is 76.1 Å². The van der Waals surface area contributed by atoms with Gasteiger partial charge in [0.25, 0.3) is 11.7 Å². The number of ether oxygens (including phenoxy) is 2. The number of hydrogen-bond acceptors (Lipinski definition) is 5. The molecule has 0 radical (unpaired) electrons. The number of methoxy groups -OCH3 is 1. The molecule has 3 aromatic carbocycles. The third-order valence-corrected chi connectivity index (χ3v) is 5.87. The lowest BCUT2D eigenvalue weighted by atomic mass is 9.94. The number of anilines is 1.